The summed E-state index contributed by atoms with van der Waals surface area (Å²) in [5, 5.41) is 9.06. The van der Waals surface area contributed by atoms with Crippen LogP contribution in [0.15, 0.2) is 60.9 Å². The number of pyridine rings is 1. The molecule has 0 fully saturated rings. The molecule has 0 atom stereocenters. The first-order valence-electron chi connectivity index (χ1n) is 5.79. The van der Waals surface area contributed by atoms with Crippen molar-refractivity contribution in [1.82, 2.24) is 19.2 Å². The van der Waals surface area contributed by atoms with Crippen LogP contribution in [0.25, 0.3) is 22.4 Å². The van der Waals surface area contributed by atoms with E-state index in [1.54, 1.807) is 0 Å². The highest BCUT2D eigenvalue weighted by molar-refractivity contribution is 5.64. The fourth-order valence-corrected chi connectivity index (χ4v) is 2.12. The predicted molar refractivity (Wildman–Crippen MR) is 69.4 cm³/mol. The molecular formula is C14H10N4. The summed E-state index contributed by atoms with van der Waals surface area (Å²) in [4.78, 5) is 0. The van der Waals surface area contributed by atoms with Crippen LogP contribution in [0.1, 0.15) is 0 Å². The van der Waals surface area contributed by atoms with E-state index >= 15 is 0 Å². The Morgan fingerprint density at radius 3 is 2.39 bits per heavy atom. The largest absolute Gasteiger partial charge is 0.240 e. The van der Waals surface area contributed by atoms with Crippen LogP contribution in [0.4, 0.5) is 0 Å². The van der Waals surface area contributed by atoms with Gasteiger partial charge in [-0.1, -0.05) is 6.07 Å². The standard InChI is InChI=1S/C14H10N4/c1-2-8-18-12(4-1)10-14(16-18)13-7-6-11-5-3-9-17(11)15-13/h1-10H. The summed E-state index contributed by atoms with van der Waals surface area (Å²) < 4.78 is 3.72. The van der Waals surface area contributed by atoms with Crippen LogP contribution in [0.2, 0.25) is 0 Å². The van der Waals surface area contributed by atoms with Crippen LogP contribution in [0.3, 0.4) is 0 Å². The van der Waals surface area contributed by atoms with Gasteiger partial charge in [-0.15, -0.1) is 0 Å². The minimum Gasteiger partial charge on any atom is -0.240 e. The Labute approximate surface area is 103 Å². The molecule has 4 aromatic heterocycles. The lowest BCUT2D eigenvalue weighted by Crippen LogP contribution is -1.93. The van der Waals surface area contributed by atoms with E-state index < -0.39 is 0 Å². The average molecular weight is 234 g/mol. The average Bonchev–Trinajstić information content (AvgIpc) is 3.04. The molecular weight excluding hydrogens is 224 g/mol. The molecule has 0 saturated carbocycles. The second-order valence-corrected chi connectivity index (χ2v) is 4.20. The van der Waals surface area contributed by atoms with E-state index in [1.165, 1.54) is 0 Å². The second kappa shape index (κ2) is 3.43. The monoisotopic (exact) mass is 234 g/mol. The fourth-order valence-electron chi connectivity index (χ4n) is 2.12. The molecule has 4 nitrogen and oxygen atoms in total. The summed E-state index contributed by atoms with van der Waals surface area (Å²) in [7, 11) is 0. The van der Waals surface area contributed by atoms with Crippen molar-refractivity contribution >= 4 is 11.0 Å². The van der Waals surface area contributed by atoms with Crippen molar-refractivity contribution in [3.05, 3.63) is 60.9 Å². The molecule has 4 aromatic rings. The Balaban J connectivity index is 1.94. The maximum absolute atomic E-state index is 4.54. The molecule has 0 N–H and O–H groups in total. The minimum absolute atomic E-state index is 0.877. The third kappa shape index (κ3) is 1.32. The van der Waals surface area contributed by atoms with Gasteiger partial charge in [0.15, 0.2) is 0 Å². The van der Waals surface area contributed by atoms with Gasteiger partial charge in [0.1, 0.15) is 11.4 Å². The molecule has 0 unspecified atom stereocenters. The number of hydrogen-bond acceptors (Lipinski definition) is 2. The maximum atomic E-state index is 4.54. The quantitative estimate of drug-likeness (QED) is 0.507. The van der Waals surface area contributed by atoms with Crippen molar-refractivity contribution < 1.29 is 0 Å². The van der Waals surface area contributed by atoms with Crippen LogP contribution >= 0.6 is 0 Å². The summed E-state index contributed by atoms with van der Waals surface area (Å²) >= 11 is 0. The topological polar surface area (TPSA) is 34.6 Å². The van der Waals surface area contributed by atoms with Crippen molar-refractivity contribution in [2.45, 2.75) is 0 Å². The molecule has 0 aromatic carbocycles. The van der Waals surface area contributed by atoms with Crippen molar-refractivity contribution in [1.29, 1.82) is 0 Å². The highest BCUT2D eigenvalue weighted by Gasteiger charge is 2.06. The van der Waals surface area contributed by atoms with E-state index in [0.717, 1.165) is 22.4 Å². The number of fused-ring (bicyclic) bond motifs is 2. The van der Waals surface area contributed by atoms with Gasteiger partial charge in [-0.3, -0.25) is 0 Å². The van der Waals surface area contributed by atoms with Gasteiger partial charge in [0.25, 0.3) is 0 Å². The number of rotatable bonds is 1. The summed E-state index contributed by atoms with van der Waals surface area (Å²) in [5.74, 6) is 0. The van der Waals surface area contributed by atoms with Crippen molar-refractivity contribution in [3.8, 4) is 11.4 Å². The van der Waals surface area contributed by atoms with Gasteiger partial charge < -0.3 is 0 Å². The highest BCUT2D eigenvalue weighted by Crippen LogP contribution is 2.18. The second-order valence-electron chi connectivity index (χ2n) is 4.20. The Hall–Kier alpha value is -2.62. The van der Waals surface area contributed by atoms with E-state index in [1.807, 2.05) is 70.0 Å². The summed E-state index contributed by atoms with van der Waals surface area (Å²) in [6.07, 6.45) is 3.88. The maximum Gasteiger partial charge on any atom is 0.114 e. The van der Waals surface area contributed by atoms with E-state index in [4.69, 9.17) is 0 Å². The van der Waals surface area contributed by atoms with Crippen LogP contribution < -0.4 is 0 Å². The third-order valence-corrected chi connectivity index (χ3v) is 3.02. The van der Waals surface area contributed by atoms with Gasteiger partial charge in [-0.2, -0.15) is 10.2 Å². The zero-order chi connectivity index (χ0) is 11.9. The van der Waals surface area contributed by atoms with Crippen LogP contribution in [-0.2, 0) is 0 Å². The first-order valence-corrected chi connectivity index (χ1v) is 5.79. The third-order valence-electron chi connectivity index (χ3n) is 3.02. The minimum atomic E-state index is 0.877. The first-order chi connectivity index (χ1) is 8.90. The molecule has 0 bridgehead atoms. The molecule has 0 spiro atoms. The van der Waals surface area contributed by atoms with Crippen LogP contribution in [0, 0.1) is 0 Å². The molecule has 18 heavy (non-hydrogen) atoms. The molecule has 0 radical (unpaired) electrons. The molecule has 4 heteroatoms. The molecule has 0 aliphatic heterocycles. The molecule has 0 aliphatic rings. The first kappa shape index (κ1) is 9.41. The number of hydrogen-bond donors (Lipinski definition) is 0. The van der Waals surface area contributed by atoms with Crippen molar-refractivity contribution in [3.63, 3.8) is 0 Å². The Morgan fingerprint density at radius 2 is 1.44 bits per heavy atom. The molecule has 0 saturated heterocycles. The number of nitrogens with zero attached hydrogens (tertiary/aromatic N) is 4. The van der Waals surface area contributed by atoms with Gasteiger partial charge in [0.2, 0.25) is 0 Å². The lowest BCUT2D eigenvalue weighted by molar-refractivity contribution is 0.922. The zero-order valence-electron chi connectivity index (χ0n) is 9.56. The van der Waals surface area contributed by atoms with Gasteiger partial charge in [-0.25, -0.2) is 9.03 Å². The molecule has 86 valence electrons. The molecule has 4 rings (SSSR count). The van der Waals surface area contributed by atoms with Crippen molar-refractivity contribution in [2.75, 3.05) is 0 Å². The van der Waals surface area contributed by atoms with Crippen LogP contribution in [-0.4, -0.2) is 19.2 Å². The number of aromatic nitrogens is 4. The Bertz CT molecular complexity index is 808. The van der Waals surface area contributed by atoms with Gasteiger partial charge in [-0.05, 0) is 42.5 Å². The van der Waals surface area contributed by atoms with Gasteiger partial charge in [0, 0.05) is 12.4 Å². The van der Waals surface area contributed by atoms with Crippen molar-refractivity contribution in [2.24, 2.45) is 0 Å². The van der Waals surface area contributed by atoms with E-state index in [2.05, 4.69) is 10.2 Å². The lowest BCUT2D eigenvalue weighted by atomic mass is 10.2. The van der Waals surface area contributed by atoms with E-state index in [-0.39, 0.29) is 0 Å². The Morgan fingerprint density at radius 1 is 0.667 bits per heavy atom. The normalized spacial score (nSPS) is 11.3. The SMILES string of the molecule is c1ccn2nc(-c3ccc4cccn4n3)cc2c1. The molecule has 0 aliphatic carbocycles. The smallest absolute Gasteiger partial charge is 0.114 e. The summed E-state index contributed by atoms with van der Waals surface area (Å²) in [6, 6.07) is 16.1. The lowest BCUT2D eigenvalue weighted by Gasteiger charge is -1.97. The fraction of sp³-hybridized carbons (Fsp3) is 0. The zero-order valence-corrected chi connectivity index (χ0v) is 9.56. The van der Waals surface area contributed by atoms with Gasteiger partial charge in [0.05, 0.1) is 11.0 Å². The summed E-state index contributed by atoms with van der Waals surface area (Å²) in [6.45, 7) is 0. The highest BCUT2D eigenvalue weighted by atomic mass is 15.2. The molecule has 0 amide bonds. The summed E-state index contributed by atoms with van der Waals surface area (Å²) in [5.41, 5.74) is 3.92. The predicted octanol–water partition coefficient (Wildman–Crippen LogP) is 2.65. The van der Waals surface area contributed by atoms with E-state index in [9.17, 15) is 0 Å². The Kier molecular flexibility index (Phi) is 1.80. The van der Waals surface area contributed by atoms with Gasteiger partial charge >= 0.3 is 0 Å². The molecule has 4 heterocycles. The van der Waals surface area contributed by atoms with Crippen LogP contribution in [0.5, 0.6) is 0 Å². The van der Waals surface area contributed by atoms with E-state index in [0.29, 0.717) is 0 Å².